The third-order valence-corrected chi connectivity index (χ3v) is 5.05. The van der Waals surface area contributed by atoms with E-state index in [2.05, 4.69) is 14.8 Å². The largest absolute Gasteiger partial charge is 0.573 e. The molecule has 8 nitrogen and oxygen atoms in total. The number of piperazine rings is 1. The van der Waals surface area contributed by atoms with Gasteiger partial charge in [0.1, 0.15) is 17.6 Å². The number of halogens is 3. The van der Waals surface area contributed by atoms with E-state index in [0.717, 1.165) is 6.20 Å². The Balaban J connectivity index is 1.67. The molecule has 4 rings (SSSR count). The Kier molecular flexibility index (Phi) is 5.14. The highest BCUT2D eigenvalue weighted by molar-refractivity contribution is 5.85. The van der Waals surface area contributed by atoms with Crippen LogP contribution in [0.4, 0.5) is 19.0 Å². The summed E-state index contributed by atoms with van der Waals surface area (Å²) in [6.07, 6.45) is -0.968. The first-order valence-electron chi connectivity index (χ1n) is 9.39. The average Bonchev–Trinajstić information content (AvgIpc) is 3.15. The highest BCUT2D eigenvalue weighted by atomic mass is 19.4. The lowest BCUT2D eigenvalue weighted by Gasteiger charge is -2.34. The van der Waals surface area contributed by atoms with Crippen molar-refractivity contribution in [2.24, 2.45) is 0 Å². The number of ether oxygens (including phenoxy) is 1. The molecule has 0 N–H and O–H groups in total. The molecule has 0 saturated carbocycles. The highest BCUT2D eigenvalue weighted by Gasteiger charge is 2.32. The van der Waals surface area contributed by atoms with Crippen LogP contribution >= 0.6 is 0 Å². The molecular weight excluding hydrogens is 413 g/mol. The van der Waals surface area contributed by atoms with Gasteiger partial charge in [-0.05, 0) is 18.2 Å². The van der Waals surface area contributed by atoms with Crippen molar-refractivity contribution in [1.29, 1.82) is 5.26 Å². The third kappa shape index (κ3) is 4.23. The number of carbonyl (C=O) groups excluding carboxylic acids is 1. The molecular formula is C20H17F3N6O2. The monoisotopic (exact) mass is 430 g/mol. The summed E-state index contributed by atoms with van der Waals surface area (Å²) in [7, 11) is 0. The van der Waals surface area contributed by atoms with Crippen molar-refractivity contribution >= 4 is 17.2 Å². The maximum atomic E-state index is 12.7. The summed E-state index contributed by atoms with van der Waals surface area (Å²) >= 11 is 0. The van der Waals surface area contributed by atoms with Crippen LogP contribution in [0, 0.1) is 11.3 Å². The number of anilines is 1. The number of carbonyl (C=O) groups is 1. The number of fused-ring (bicyclic) bond motifs is 1. The smallest absolute Gasteiger partial charge is 0.404 e. The van der Waals surface area contributed by atoms with Crippen LogP contribution < -0.4 is 9.64 Å². The van der Waals surface area contributed by atoms with E-state index in [1.165, 1.54) is 29.9 Å². The lowest BCUT2D eigenvalue weighted by Crippen LogP contribution is -2.48. The van der Waals surface area contributed by atoms with Crippen molar-refractivity contribution in [1.82, 2.24) is 19.5 Å². The summed E-state index contributed by atoms with van der Waals surface area (Å²) in [4.78, 5) is 19.7. The quantitative estimate of drug-likeness (QED) is 0.635. The first-order valence-corrected chi connectivity index (χ1v) is 9.39. The Morgan fingerprint density at radius 3 is 2.52 bits per heavy atom. The molecule has 0 aromatic carbocycles. The minimum absolute atomic E-state index is 0.0297. The van der Waals surface area contributed by atoms with Crippen LogP contribution in [0.1, 0.15) is 12.5 Å². The van der Waals surface area contributed by atoms with Gasteiger partial charge >= 0.3 is 6.36 Å². The maximum absolute atomic E-state index is 12.7. The third-order valence-electron chi connectivity index (χ3n) is 5.05. The number of amides is 1. The van der Waals surface area contributed by atoms with Crippen LogP contribution in [-0.2, 0) is 4.79 Å². The molecule has 0 aliphatic carbocycles. The Labute approximate surface area is 175 Å². The van der Waals surface area contributed by atoms with Gasteiger partial charge in [-0.2, -0.15) is 10.4 Å². The molecule has 0 radical (unpaired) electrons. The van der Waals surface area contributed by atoms with Gasteiger partial charge in [0.2, 0.25) is 5.91 Å². The van der Waals surface area contributed by atoms with Gasteiger partial charge in [0, 0.05) is 50.4 Å². The summed E-state index contributed by atoms with van der Waals surface area (Å²) in [6, 6.07) is 6.69. The fourth-order valence-corrected chi connectivity index (χ4v) is 3.57. The Morgan fingerprint density at radius 1 is 1.19 bits per heavy atom. The number of alkyl halides is 3. The zero-order valence-electron chi connectivity index (χ0n) is 16.4. The van der Waals surface area contributed by atoms with Gasteiger partial charge in [0.05, 0.1) is 23.5 Å². The highest BCUT2D eigenvalue weighted by Crippen LogP contribution is 2.33. The number of pyridine rings is 2. The standard InChI is InChI=1S/C20H17F3N6O2/c1-13(30)27-4-6-28(7-5-27)18-3-2-14(10-25-18)17-8-16(31-20(21,22)23)12-29-19(17)15(9-24)11-26-29/h2-3,8,10-12H,4-7H2,1H3. The summed E-state index contributed by atoms with van der Waals surface area (Å²) in [5, 5.41) is 13.3. The topological polar surface area (TPSA) is 86.8 Å². The molecule has 4 heterocycles. The van der Waals surface area contributed by atoms with Crippen molar-refractivity contribution in [3.8, 4) is 22.9 Å². The average molecular weight is 430 g/mol. The van der Waals surface area contributed by atoms with E-state index in [0.29, 0.717) is 48.6 Å². The van der Waals surface area contributed by atoms with Crippen LogP contribution in [0.2, 0.25) is 0 Å². The molecule has 0 bridgehead atoms. The van der Waals surface area contributed by atoms with E-state index in [1.807, 2.05) is 11.0 Å². The van der Waals surface area contributed by atoms with Crippen molar-refractivity contribution < 1.29 is 22.7 Å². The van der Waals surface area contributed by atoms with Crippen molar-refractivity contribution in [2.75, 3.05) is 31.1 Å². The van der Waals surface area contributed by atoms with E-state index in [4.69, 9.17) is 0 Å². The van der Waals surface area contributed by atoms with Gasteiger partial charge in [-0.3, -0.25) is 4.79 Å². The molecule has 1 aliphatic heterocycles. The summed E-state index contributed by atoms with van der Waals surface area (Å²) in [5.41, 5.74) is 1.44. The van der Waals surface area contributed by atoms with E-state index < -0.39 is 12.1 Å². The molecule has 31 heavy (non-hydrogen) atoms. The molecule has 1 amide bonds. The van der Waals surface area contributed by atoms with Crippen molar-refractivity contribution in [3.05, 3.63) is 42.4 Å². The second-order valence-corrected chi connectivity index (χ2v) is 7.00. The van der Waals surface area contributed by atoms with E-state index in [1.54, 1.807) is 17.0 Å². The molecule has 160 valence electrons. The first kappa shape index (κ1) is 20.5. The molecule has 0 atom stereocenters. The summed E-state index contributed by atoms with van der Waals surface area (Å²) < 4.78 is 43.5. The number of nitriles is 1. The number of aromatic nitrogens is 3. The van der Waals surface area contributed by atoms with Gasteiger partial charge in [0.25, 0.3) is 0 Å². The zero-order valence-corrected chi connectivity index (χ0v) is 16.4. The predicted molar refractivity (Wildman–Crippen MR) is 104 cm³/mol. The molecule has 3 aromatic heterocycles. The minimum atomic E-state index is -4.86. The summed E-state index contributed by atoms with van der Waals surface area (Å²) in [6.45, 7) is 3.99. The van der Waals surface area contributed by atoms with Crippen molar-refractivity contribution in [2.45, 2.75) is 13.3 Å². The van der Waals surface area contributed by atoms with Crippen LogP contribution in [0.15, 0.2) is 36.8 Å². The van der Waals surface area contributed by atoms with Crippen molar-refractivity contribution in [3.63, 3.8) is 0 Å². The van der Waals surface area contributed by atoms with Crippen LogP contribution in [0.3, 0.4) is 0 Å². The van der Waals surface area contributed by atoms with Gasteiger partial charge in [-0.15, -0.1) is 13.2 Å². The fourth-order valence-electron chi connectivity index (χ4n) is 3.57. The SMILES string of the molecule is CC(=O)N1CCN(c2ccc(-c3cc(OC(F)(F)F)cn4ncc(C#N)c34)cn2)CC1. The predicted octanol–water partition coefficient (Wildman–Crippen LogP) is 2.84. The molecule has 1 fully saturated rings. The normalized spacial score (nSPS) is 14.5. The Hall–Kier alpha value is -3.81. The second kappa shape index (κ2) is 7.79. The molecule has 1 saturated heterocycles. The maximum Gasteiger partial charge on any atom is 0.573 e. The Bertz CT molecular complexity index is 1160. The molecule has 0 unspecified atom stereocenters. The van der Waals surface area contributed by atoms with Gasteiger partial charge < -0.3 is 14.5 Å². The van der Waals surface area contributed by atoms with Crippen LogP contribution in [-0.4, -0.2) is 57.9 Å². The Morgan fingerprint density at radius 2 is 1.94 bits per heavy atom. The summed E-state index contributed by atoms with van der Waals surface area (Å²) in [5.74, 6) is 0.272. The molecule has 0 spiro atoms. The number of hydrogen-bond acceptors (Lipinski definition) is 6. The lowest BCUT2D eigenvalue weighted by molar-refractivity contribution is -0.274. The van der Waals surface area contributed by atoms with E-state index in [-0.39, 0.29) is 11.5 Å². The number of hydrogen-bond donors (Lipinski definition) is 0. The number of nitrogens with zero attached hydrogens (tertiary/aromatic N) is 6. The lowest BCUT2D eigenvalue weighted by atomic mass is 10.1. The van der Waals surface area contributed by atoms with Gasteiger partial charge in [-0.25, -0.2) is 9.50 Å². The second-order valence-electron chi connectivity index (χ2n) is 7.00. The molecule has 1 aliphatic rings. The van der Waals surface area contributed by atoms with Gasteiger partial charge in [0.15, 0.2) is 0 Å². The number of rotatable bonds is 3. The molecule has 11 heteroatoms. The van der Waals surface area contributed by atoms with Crippen LogP contribution in [0.25, 0.3) is 16.6 Å². The first-order chi connectivity index (χ1) is 14.7. The fraction of sp³-hybridized carbons (Fsp3) is 0.300. The van der Waals surface area contributed by atoms with Crippen LogP contribution in [0.5, 0.6) is 5.75 Å². The van der Waals surface area contributed by atoms with Gasteiger partial charge in [-0.1, -0.05) is 0 Å². The van der Waals surface area contributed by atoms with E-state index in [9.17, 15) is 23.2 Å². The van der Waals surface area contributed by atoms with E-state index >= 15 is 0 Å². The minimum Gasteiger partial charge on any atom is -0.404 e. The molecule has 3 aromatic rings. The zero-order chi connectivity index (χ0) is 22.2.